The molecule has 1 aliphatic carbocycles. The maximum Gasteiger partial charge on any atom is 0.227 e. The van der Waals surface area contributed by atoms with E-state index in [1.807, 2.05) is 19.1 Å². The molecule has 1 fully saturated rings. The predicted molar refractivity (Wildman–Crippen MR) is 70.0 cm³/mol. The van der Waals surface area contributed by atoms with E-state index >= 15 is 0 Å². The van der Waals surface area contributed by atoms with Crippen molar-refractivity contribution in [1.29, 1.82) is 0 Å². The number of nitrogens with one attached hydrogen (secondary N) is 1. The number of rotatable bonds is 5. The highest BCUT2D eigenvalue weighted by atomic mass is 16.3. The molecule has 0 radical (unpaired) electrons. The van der Waals surface area contributed by atoms with Crippen molar-refractivity contribution in [3.8, 4) is 0 Å². The van der Waals surface area contributed by atoms with Gasteiger partial charge in [0.1, 0.15) is 5.76 Å². The van der Waals surface area contributed by atoms with Gasteiger partial charge in [-0.2, -0.15) is 0 Å². The molecule has 1 amide bonds. The summed E-state index contributed by atoms with van der Waals surface area (Å²) in [5.74, 6) is 1.01. The van der Waals surface area contributed by atoms with Crippen molar-refractivity contribution in [1.82, 2.24) is 5.32 Å². The van der Waals surface area contributed by atoms with Crippen LogP contribution in [0.2, 0.25) is 0 Å². The van der Waals surface area contributed by atoms with E-state index in [9.17, 15) is 4.79 Å². The lowest BCUT2D eigenvalue weighted by Gasteiger charge is -2.27. The number of nitrogens with two attached hydrogens (primary N) is 1. The molecule has 0 saturated heterocycles. The van der Waals surface area contributed by atoms with Gasteiger partial charge >= 0.3 is 0 Å². The predicted octanol–water partition coefficient (Wildman–Crippen LogP) is 1.85. The lowest BCUT2D eigenvalue weighted by Crippen LogP contribution is -2.47. The minimum atomic E-state index is -0.322. The topological polar surface area (TPSA) is 68.3 Å². The van der Waals surface area contributed by atoms with Gasteiger partial charge in [-0.05, 0) is 31.9 Å². The summed E-state index contributed by atoms with van der Waals surface area (Å²) in [5.41, 5.74) is 5.48. The summed E-state index contributed by atoms with van der Waals surface area (Å²) in [6.45, 7) is 2.45. The third kappa shape index (κ3) is 2.75. The monoisotopic (exact) mass is 250 g/mol. The van der Waals surface area contributed by atoms with Crippen LogP contribution < -0.4 is 11.1 Å². The summed E-state index contributed by atoms with van der Waals surface area (Å²) in [5, 5.41) is 3.07. The number of carbonyl (C=O) groups is 1. The third-order valence-electron chi connectivity index (χ3n) is 3.90. The molecule has 1 aromatic heterocycles. The normalized spacial score (nSPS) is 19.7. The van der Waals surface area contributed by atoms with Crippen LogP contribution in [-0.2, 0) is 11.2 Å². The van der Waals surface area contributed by atoms with Crippen molar-refractivity contribution < 1.29 is 9.21 Å². The minimum Gasteiger partial charge on any atom is -0.469 e. The molecule has 0 bridgehead atoms. The first-order valence-corrected chi connectivity index (χ1v) is 6.70. The van der Waals surface area contributed by atoms with Crippen LogP contribution in [0.25, 0.3) is 0 Å². The summed E-state index contributed by atoms with van der Waals surface area (Å²) in [6.07, 6.45) is 6.43. The SMILES string of the molecule is CC(Cc1ccco1)NC(=O)C1(CN)CCCC1. The molecule has 4 nitrogen and oxygen atoms in total. The Morgan fingerprint density at radius 3 is 2.83 bits per heavy atom. The van der Waals surface area contributed by atoms with E-state index in [1.54, 1.807) is 6.26 Å². The number of hydrogen-bond acceptors (Lipinski definition) is 3. The zero-order valence-electron chi connectivity index (χ0n) is 10.9. The Hall–Kier alpha value is -1.29. The summed E-state index contributed by atoms with van der Waals surface area (Å²) in [7, 11) is 0. The van der Waals surface area contributed by atoms with Crippen LogP contribution in [0.4, 0.5) is 0 Å². The molecular weight excluding hydrogens is 228 g/mol. The molecule has 1 aromatic rings. The van der Waals surface area contributed by atoms with Gasteiger partial charge in [0, 0.05) is 19.0 Å². The Morgan fingerprint density at radius 2 is 2.28 bits per heavy atom. The van der Waals surface area contributed by atoms with Crippen LogP contribution in [0.1, 0.15) is 38.4 Å². The highest BCUT2D eigenvalue weighted by Gasteiger charge is 2.40. The Bertz CT molecular complexity index is 381. The Balaban J connectivity index is 1.90. The molecule has 100 valence electrons. The molecule has 4 heteroatoms. The van der Waals surface area contributed by atoms with Gasteiger partial charge in [-0.3, -0.25) is 4.79 Å². The van der Waals surface area contributed by atoms with E-state index in [2.05, 4.69) is 5.32 Å². The molecule has 1 atom stereocenters. The van der Waals surface area contributed by atoms with Crippen LogP contribution >= 0.6 is 0 Å². The van der Waals surface area contributed by atoms with Gasteiger partial charge in [-0.1, -0.05) is 12.8 Å². The molecular formula is C14H22N2O2. The average molecular weight is 250 g/mol. The molecule has 1 aliphatic rings. The van der Waals surface area contributed by atoms with Gasteiger partial charge in [0.15, 0.2) is 0 Å². The maximum atomic E-state index is 12.3. The van der Waals surface area contributed by atoms with Crippen molar-refractivity contribution >= 4 is 5.91 Å². The van der Waals surface area contributed by atoms with Crippen molar-refractivity contribution in [2.24, 2.45) is 11.1 Å². The second-order valence-electron chi connectivity index (χ2n) is 5.35. The van der Waals surface area contributed by atoms with Crippen LogP contribution in [0, 0.1) is 5.41 Å². The zero-order valence-corrected chi connectivity index (χ0v) is 10.9. The lowest BCUT2D eigenvalue weighted by molar-refractivity contribution is -0.130. The van der Waals surface area contributed by atoms with Gasteiger partial charge in [0.25, 0.3) is 0 Å². The summed E-state index contributed by atoms with van der Waals surface area (Å²) >= 11 is 0. The first kappa shape index (κ1) is 13.1. The van der Waals surface area contributed by atoms with Gasteiger partial charge in [0.05, 0.1) is 11.7 Å². The Labute approximate surface area is 108 Å². The largest absolute Gasteiger partial charge is 0.469 e. The molecule has 3 N–H and O–H groups in total. The molecule has 1 saturated carbocycles. The fraction of sp³-hybridized carbons (Fsp3) is 0.643. The Morgan fingerprint density at radius 1 is 1.56 bits per heavy atom. The van der Waals surface area contributed by atoms with Crippen molar-refractivity contribution in [2.75, 3.05) is 6.54 Å². The molecule has 0 aliphatic heterocycles. The van der Waals surface area contributed by atoms with Crippen molar-refractivity contribution in [3.63, 3.8) is 0 Å². The minimum absolute atomic E-state index is 0.0766. The molecule has 0 aromatic carbocycles. The van der Waals surface area contributed by atoms with Crippen LogP contribution in [0.3, 0.4) is 0 Å². The number of carbonyl (C=O) groups excluding carboxylic acids is 1. The highest BCUT2D eigenvalue weighted by Crippen LogP contribution is 2.37. The van der Waals surface area contributed by atoms with Crippen LogP contribution in [0.15, 0.2) is 22.8 Å². The van der Waals surface area contributed by atoms with Gasteiger partial charge < -0.3 is 15.5 Å². The fourth-order valence-electron chi connectivity index (χ4n) is 2.73. The van der Waals surface area contributed by atoms with Gasteiger partial charge in [-0.15, -0.1) is 0 Å². The van der Waals surface area contributed by atoms with E-state index in [1.165, 1.54) is 0 Å². The smallest absolute Gasteiger partial charge is 0.227 e. The van der Waals surface area contributed by atoms with Crippen molar-refractivity contribution in [3.05, 3.63) is 24.2 Å². The molecule has 2 rings (SSSR count). The second kappa shape index (κ2) is 5.57. The highest BCUT2D eigenvalue weighted by molar-refractivity contribution is 5.83. The summed E-state index contributed by atoms with van der Waals surface area (Å²) < 4.78 is 5.29. The zero-order chi connectivity index (χ0) is 13.0. The second-order valence-corrected chi connectivity index (χ2v) is 5.35. The van der Waals surface area contributed by atoms with Crippen LogP contribution in [0.5, 0.6) is 0 Å². The van der Waals surface area contributed by atoms with E-state index in [4.69, 9.17) is 10.2 Å². The van der Waals surface area contributed by atoms with Crippen LogP contribution in [-0.4, -0.2) is 18.5 Å². The summed E-state index contributed by atoms with van der Waals surface area (Å²) in [6, 6.07) is 3.87. The van der Waals surface area contributed by atoms with Gasteiger partial charge in [-0.25, -0.2) is 0 Å². The standard InChI is InChI=1S/C14H22N2O2/c1-11(9-12-5-4-8-18-12)16-13(17)14(10-15)6-2-3-7-14/h4-5,8,11H,2-3,6-7,9-10,15H2,1H3,(H,16,17). The third-order valence-corrected chi connectivity index (χ3v) is 3.90. The Kier molecular flexibility index (Phi) is 4.07. The molecule has 18 heavy (non-hydrogen) atoms. The number of hydrogen-bond donors (Lipinski definition) is 2. The molecule has 0 spiro atoms. The molecule has 1 heterocycles. The first-order chi connectivity index (χ1) is 8.66. The quantitative estimate of drug-likeness (QED) is 0.838. The van der Waals surface area contributed by atoms with E-state index in [0.717, 1.165) is 37.9 Å². The number of furan rings is 1. The average Bonchev–Trinajstić information content (AvgIpc) is 2.99. The van der Waals surface area contributed by atoms with E-state index in [-0.39, 0.29) is 17.4 Å². The van der Waals surface area contributed by atoms with E-state index < -0.39 is 0 Å². The lowest BCUT2D eigenvalue weighted by atomic mass is 9.85. The van der Waals surface area contributed by atoms with E-state index in [0.29, 0.717) is 6.54 Å². The van der Waals surface area contributed by atoms with Gasteiger partial charge in [0.2, 0.25) is 5.91 Å². The molecule has 1 unspecified atom stereocenters. The summed E-state index contributed by atoms with van der Waals surface area (Å²) in [4.78, 5) is 12.3. The fourth-order valence-corrected chi connectivity index (χ4v) is 2.73. The first-order valence-electron chi connectivity index (χ1n) is 6.70. The number of amides is 1. The maximum absolute atomic E-state index is 12.3. The van der Waals surface area contributed by atoms with Crippen molar-refractivity contribution in [2.45, 2.75) is 45.1 Å².